The van der Waals surface area contributed by atoms with E-state index in [9.17, 15) is 5.11 Å². The Morgan fingerprint density at radius 1 is 1.21 bits per heavy atom. The maximum Gasteiger partial charge on any atom is 0.0717 e. The summed E-state index contributed by atoms with van der Waals surface area (Å²) in [5.41, 5.74) is 5.21. The lowest BCUT2D eigenvalue weighted by atomic mass is 10.1. The van der Waals surface area contributed by atoms with Gasteiger partial charge in [-0.2, -0.15) is 0 Å². The molecule has 19 heavy (non-hydrogen) atoms. The molecule has 0 bridgehead atoms. The lowest BCUT2D eigenvalue weighted by Crippen LogP contribution is -2.18. The third-order valence-corrected chi connectivity index (χ3v) is 3.19. The minimum atomic E-state index is 0.00489. The standard InChI is InChI=1S/C16H20N2O/c1-4-18(15-7-5-6-12(2)8-15)16-9-13(3)17-10-14(16)11-19/h5-10,19H,4,11H2,1-3H3. The van der Waals surface area contributed by atoms with Crippen LogP contribution in [0.15, 0.2) is 36.5 Å². The van der Waals surface area contributed by atoms with E-state index in [1.54, 1.807) is 6.20 Å². The molecule has 100 valence electrons. The van der Waals surface area contributed by atoms with Gasteiger partial charge in [0.15, 0.2) is 0 Å². The molecule has 0 saturated carbocycles. The number of aliphatic hydroxyl groups is 1. The van der Waals surface area contributed by atoms with Crippen molar-refractivity contribution in [3.63, 3.8) is 0 Å². The average Bonchev–Trinajstić information content (AvgIpc) is 2.40. The van der Waals surface area contributed by atoms with E-state index >= 15 is 0 Å². The highest BCUT2D eigenvalue weighted by Crippen LogP contribution is 2.29. The van der Waals surface area contributed by atoms with Gasteiger partial charge in [0.25, 0.3) is 0 Å². The summed E-state index contributed by atoms with van der Waals surface area (Å²) in [6.45, 7) is 7.01. The summed E-state index contributed by atoms with van der Waals surface area (Å²) in [5.74, 6) is 0. The number of hydrogen-bond acceptors (Lipinski definition) is 3. The summed E-state index contributed by atoms with van der Waals surface area (Å²) in [6, 6.07) is 10.4. The fraction of sp³-hybridized carbons (Fsp3) is 0.312. The molecular formula is C16H20N2O. The Labute approximate surface area is 114 Å². The van der Waals surface area contributed by atoms with Crippen LogP contribution < -0.4 is 4.90 Å². The van der Waals surface area contributed by atoms with Crippen molar-refractivity contribution in [3.8, 4) is 0 Å². The van der Waals surface area contributed by atoms with E-state index in [1.807, 2.05) is 13.0 Å². The molecule has 0 saturated heterocycles. The largest absolute Gasteiger partial charge is 0.392 e. The second-order valence-corrected chi connectivity index (χ2v) is 4.70. The molecule has 2 rings (SSSR count). The Morgan fingerprint density at radius 2 is 2.00 bits per heavy atom. The zero-order valence-electron chi connectivity index (χ0n) is 11.7. The van der Waals surface area contributed by atoms with Crippen LogP contribution >= 0.6 is 0 Å². The van der Waals surface area contributed by atoms with Crippen molar-refractivity contribution in [2.75, 3.05) is 11.4 Å². The molecule has 1 heterocycles. The van der Waals surface area contributed by atoms with Gasteiger partial charge in [0, 0.05) is 35.4 Å². The number of aryl methyl sites for hydroxylation is 2. The van der Waals surface area contributed by atoms with Crippen LogP contribution in [0.5, 0.6) is 0 Å². The molecule has 3 nitrogen and oxygen atoms in total. The quantitative estimate of drug-likeness (QED) is 0.911. The SMILES string of the molecule is CCN(c1cccc(C)c1)c1cc(C)ncc1CO. The first kappa shape index (κ1) is 13.6. The van der Waals surface area contributed by atoms with Gasteiger partial charge in [0.05, 0.1) is 6.61 Å². The molecule has 0 atom stereocenters. The Hall–Kier alpha value is -1.87. The Morgan fingerprint density at radius 3 is 2.63 bits per heavy atom. The van der Waals surface area contributed by atoms with Gasteiger partial charge in [-0.1, -0.05) is 12.1 Å². The van der Waals surface area contributed by atoms with Gasteiger partial charge in [-0.05, 0) is 44.5 Å². The minimum absolute atomic E-state index is 0.00489. The van der Waals surface area contributed by atoms with Gasteiger partial charge in [-0.25, -0.2) is 0 Å². The number of nitrogens with zero attached hydrogens (tertiary/aromatic N) is 2. The Bertz CT molecular complexity index is 566. The lowest BCUT2D eigenvalue weighted by Gasteiger charge is -2.26. The van der Waals surface area contributed by atoms with Crippen LogP contribution in [0.3, 0.4) is 0 Å². The number of hydrogen-bond donors (Lipinski definition) is 1. The van der Waals surface area contributed by atoms with Gasteiger partial charge < -0.3 is 10.0 Å². The summed E-state index contributed by atoms with van der Waals surface area (Å²) >= 11 is 0. The van der Waals surface area contributed by atoms with Crippen molar-refractivity contribution in [1.82, 2.24) is 4.98 Å². The van der Waals surface area contributed by atoms with Crippen LogP contribution in [0.4, 0.5) is 11.4 Å². The van der Waals surface area contributed by atoms with Crippen LogP contribution in [-0.4, -0.2) is 16.6 Å². The van der Waals surface area contributed by atoms with Crippen LogP contribution in [0.2, 0.25) is 0 Å². The maximum absolute atomic E-state index is 9.49. The smallest absolute Gasteiger partial charge is 0.0717 e. The normalized spacial score (nSPS) is 10.5. The molecule has 0 aliphatic carbocycles. The molecule has 1 aromatic carbocycles. The molecule has 3 heteroatoms. The van der Waals surface area contributed by atoms with Gasteiger partial charge in [-0.3, -0.25) is 4.98 Å². The van der Waals surface area contributed by atoms with Crippen molar-refractivity contribution in [2.24, 2.45) is 0 Å². The summed E-state index contributed by atoms with van der Waals surface area (Å²) in [4.78, 5) is 6.45. The van der Waals surface area contributed by atoms with E-state index in [1.165, 1.54) is 5.56 Å². The van der Waals surface area contributed by atoms with E-state index in [2.05, 4.69) is 48.0 Å². The van der Waals surface area contributed by atoms with Crippen molar-refractivity contribution in [2.45, 2.75) is 27.4 Å². The molecule has 1 aromatic heterocycles. The molecule has 0 aliphatic rings. The van der Waals surface area contributed by atoms with Crippen molar-refractivity contribution in [3.05, 3.63) is 53.3 Å². The van der Waals surface area contributed by atoms with Crippen molar-refractivity contribution in [1.29, 1.82) is 0 Å². The number of rotatable bonds is 4. The fourth-order valence-corrected chi connectivity index (χ4v) is 2.23. The number of aliphatic hydroxyl groups excluding tert-OH is 1. The second kappa shape index (κ2) is 5.85. The van der Waals surface area contributed by atoms with E-state index in [4.69, 9.17) is 0 Å². The molecule has 0 radical (unpaired) electrons. The number of anilines is 2. The highest BCUT2D eigenvalue weighted by molar-refractivity contribution is 5.66. The third-order valence-electron chi connectivity index (χ3n) is 3.19. The maximum atomic E-state index is 9.49. The first-order chi connectivity index (χ1) is 9.15. The topological polar surface area (TPSA) is 36.4 Å². The zero-order chi connectivity index (χ0) is 13.8. The molecule has 0 spiro atoms. The number of benzene rings is 1. The minimum Gasteiger partial charge on any atom is -0.392 e. The van der Waals surface area contributed by atoms with Crippen molar-refractivity contribution < 1.29 is 5.11 Å². The highest BCUT2D eigenvalue weighted by atomic mass is 16.3. The van der Waals surface area contributed by atoms with E-state index in [-0.39, 0.29) is 6.61 Å². The monoisotopic (exact) mass is 256 g/mol. The Balaban J connectivity index is 2.50. The first-order valence-corrected chi connectivity index (χ1v) is 6.56. The molecule has 0 amide bonds. The summed E-state index contributed by atoms with van der Waals surface area (Å²) in [6.07, 6.45) is 1.75. The van der Waals surface area contributed by atoms with E-state index in [0.29, 0.717) is 0 Å². The van der Waals surface area contributed by atoms with Crippen LogP contribution in [0.25, 0.3) is 0 Å². The van der Waals surface area contributed by atoms with Gasteiger partial charge in [-0.15, -0.1) is 0 Å². The molecule has 2 aromatic rings. The van der Waals surface area contributed by atoms with Crippen LogP contribution in [0.1, 0.15) is 23.7 Å². The zero-order valence-corrected chi connectivity index (χ0v) is 11.7. The molecule has 1 N–H and O–H groups in total. The number of pyridine rings is 1. The molecular weight excluding hydrogens is 236 g/mol. The van der Waals surface area contributed by atoms with E-state index in [0.717, 1.165) is 29.2 Å². The highest BCUT2D eigenvalue weighted by Gasteiger charge is 2.12. The predicted molar refractivity (Wildman–Crippen MR) is 78.8 cm³/mol. The molecule has 0 aliphatic heterocycles. The third kappa shape index (κ3) is 2.93. The second-order valence-electron chi connectivity index (χ2n) is 4.70. The summed E-state index contributed by atoms with van der Waals surface area (Å²) in [7, 11) is 0. The van der Waals surface area contributed by atoms with Gasteiger partial charge in [0.2, 0.25) is 0 Å². The van der Waals surface area contributed by atoms with Gasteiger partial charge in [0.1, 0.15) is 0 Å². The summed E-state index contributed by atoms with van der Waals surface area (Å²) < 4.78 is 0. The van der Waals surface area contributed by atoms with E-state index < -0.39 is 0 Å². The Kier molecular flexibility index (Phi) is 4.17. The molecule has 0 unspecified atom stereocenters. The lowest BCUT2D eigenvalue weighted by molar-refractivity contribution is 0.281. The molecule has 0 fully saturated rings. The average molecular weight is 256 g/mol. The number of aromatic nitrogens is 1. The first-order valence-electron chi connectivity index (χ1n) is 6.56. The van der Waals surface area contributed by atoms with Crippen LogP contribution in [-0.2, 0) is 6.61 Å². The van der Waals surface area contributed by atoms with Crippen LogP contribution in [0, 0.1) is 13.8 Å². The predicted octanol–water partition coefficient (Wildman–Crippen LogP) is 3.35. The fourth-order valence-electron chi connectivity index (χ4n) is 2.23. The van der Waals surface area contributed by atoms with Crippen molar-refractivity contribution >= 4 is 11.4 Å². The summed E-state index contributed by atoms with van der Waals surface area (Å²) in [5, 5.41) is 9.49. The van der Waals surface area contributed by atoms with Gasteiger partial charge >= 0.3 is 0 Å².